The van der Waals surface area contributed by atoms with E-state index in [1.165, 1.54) is 0 Å². The van der Waals surface area contributed by atoms with Crippen LogP contribution in [0.15, 0.2) is 60.7 Å². The Kier molecular flexibility index (Phi) is 7.36. The number of esters is 1. The maximum atomic E-state index is 12.1. The Bertz CT molecular complexity index is 665. The molecule has 2 aromatic rings. The summed E-state index contributed by atoms with van der Waals surface area (Å²) in [5.74, 6) is -1.32. The van der Waals surface area contributed by atoms with Crippen LogP contribution in [0.1, 0.15) is 43.9 Å². The van der Waals surface area contributed by atoms with Crippen LogP contribution in [-0.2, 0) is 25.7 Å². The highest BCUT2D eigenvalue weighted by Gasteiger charge is 2.20. The van der Waals surface area contributed by atoms with Crippen molar-refractivity contribution in [2.75, 3.05) is 0 Å². The van der Waals surface area contributed by atoms with Gasteiger partial charge in [-0.1, -0.05) is 60.7 Å². The Labute approximate surface area is 148 Å². The van der Waals surface area contributed by atoms with E-state index in [4.69, 9.17) is 9.47 Å². The van der Waals surface area contributed by atoms with E-state index in [0.29, 0.717) is 6.42 Å². The van der Waals surface area contributed by atoms with Crippen molar-refractivity contribution in [3.8, 4) is 0 Å². The largest absolute Gasteiger partial charge is 0.455 e. The van der Waals surface area contributed by atoms with E-state index in [9.17, 15) is 9.59 Å². The molecule has 0 aliphatic heterocycles. The molecule has 0 N–H and O–H groups in total. The van der Waals surface area contributed by atoms with Crippen molar-refractivity contribution in [1.29, 1.82) is 0 Å². The molecule has 0 fully saturated rings. The zero-order valence-corrected chi connectivity index (χ0v) is 14.7. The SMILES string of the molecule is CC(C)OC(CCC(=O)C(=O)OCc1ccccc1)c1ccccc1. The minimum atomic E-state index is -0.791. The number of benzene rings is 2. The van der Waals surface area contributed by atoms with Crippen LogP contribution in [0.4, 0.5) is 0 Å². The fourth-order valence-corrected chi connectivity index (χ4v) is 2.48. The summed E-state index contributed by atoms with van der Waals surface area (Å²) < 4.78 is 11.0. The summed E-state index contributed by atoms with van der Waals surface area (Å²) in [5.41, 5.74) is 1.86. The van der Waals surface area contributed by atoms with Crippen LogP contribution in [-0.4, -0.2) is 17.9 Å². The van der Waals surface area contributed by atoms with Crippen molar-refractivity contribution in [1.82, 2.24) is 0 Å². The molecule has 1 atom stereocenters. The monoisotopic (exact) mass is 340 g/mol. The van der Waals surface area contributed by atoms with E-state index in [1.54, 1.807) is 0 Å². The molecule has 1 unspecified atom stereocenters. The molecule has 0 radical (unpaired) electrons. The number of carbonyl (C=O) groups is 2. The number of Topliss-reactive ketones (excluding diaryl/α,β-unsaturated/α-hetero) is 1. The van der Waals surface area contributed by atoms with Gasteiger partial charge in [-0.3, -0.25) is 4.79 Å². The number of ketones is 1. The molecule has 0 saturated heterocycles. The van der Waals surface area contributed by atoms with Gasteiger partial charge in [-0.05, 0) is 31.4 Å². The van der Waals surface area contributed by atoms with Crippen LogP contribution in [0.25, 0.3) is 0 Å². The minimum absolute atomic E-state index is 0.0327. The standard InChI is InChI=1S/C21H24O4/c1-16(2)25-20(18-11-7-4-8-12-18)14-13-19(22)21(23)24-15-17-9-5-3-6-10-17/h3-12,16,20H,13-15H2,1-2H3. The number of hydrogen-bond donors (Lipinski definition) is 0. The molecule has 0 amide bonds. The lowest BCUT2D eigenvalue weighted by atomic mass is 10.0. The van der Waals surface area contributed by atoms with Crippen LogP contribution in [0.2, 0.25) is 0 Å². The molecule has 0 aromatic heterocycles. The third-order valence-corrected chi connectivity index (χ3v) is 3.68. The predicted octanol–water partition coefficient (Wildman–Crippen LogP) is 4.25. The molecule has 25 heavy (non-hydrogen) atoms. The van der Waals surface area contributed by atoms with E-state index in [0.717, 1.165) is 11.1 Å². The molecule has 2 rings (SSSR count). The molecule has 132 valence electrons. The van der Waals surface area contributed by atoms with E-state index >= 15 is 0 Å². The maximum absolute atomic E-state index is 12.1. The van der Waals surface area contributed by atoms with Crippen molar-refractivity contribution in [3.63, 3.8) is 0 Å². The van der Waals surface area contributed by atoms with Gasteiger partial charge in [0, 0.05) is 6.42 Å². The summed E-state index contributed by atoms with van der Waals surface area (Å²) in [7, 11) is 0. The third-order valence-electron chi connectivity index (χ3n) is 3.68. The second kappa shape index (κ2) is 9.74. The van der Waals surface area contributed by atoms with Gasteiger partial charge >= 0.3 is 5.97 Å². The van der Waals surface area contributed by atoms with Crippen LogP contribution in [0, 0.1) is 0 Å². The molecule has 0 spiro atoms. The molecule has 4 nitrogen and oxygen atoms in total. The Morgan fingerprint density at radius 2 is 1.52 bits per heavy atom. The minimum Gasteiger partial charge on any atom is -0.455 e. The zero-order valence-electron chi connectivity index (χ0n) is 14.7. The van der Waals surface area contributed by atoms with E-state index in [-0.39, 0.29) is 25.2 Å². The second-order valence-electron chi connectivity index (χ2n) is 6.11. The number of carbonyl (C=O) groups excluding carboxylic acids is 2. The Hall–Kier alpha value is -2.46. The fourth-order valence-electron chi connectivity index (χ4n) is 2.48. The van der Waals surface area contributed by atoms with Gasteiger partial charge in [-0.25, -0.2) is 4.79 Å². The molecular formula is C21H24O4. The predicted molar refractivity (Wildman–Crippen MR) is 95.9 cm³/mol. The van der Waals surface area contributed by atoms with Crippen molar-refractivity contribution < 1.29 is 19.1 Å². The summed E-state index contributed by atoms with van der Waals surface area (Å²) in [5, 5.41) is 0. The average molecular weight is 340 g/mol. The summed E-state index contributed by atoms with van der Waals surface area (Å²) in [6, 6.07) is 19.0. The number of hydrogen-bond acceptors (Lipinski definition) is 4. The van der Waals surface area contributed by atoms with Crippen molar-refractivity contribution in [3.05, 3.63) is 71.8 Å². The first-order valence-electron chi connectivity index (χ1n) is 8.50. The van der Waals surface area contributed by atoms with E-state index in [2.05, 4.69) is 0 Å². The molecule has 2 aromatic carbocycles. The molecular weight excluding hydrogens is 316 g/mol. The fraction of sp³-hybridized carbons (Fsp3) is 0.333. The topological polar surface area (TPSA) is 52.6 Å². The van der Waals surface area contributed by atoms with Crippen LogP contribution in [0.3, 0.4) is 0 Å². The molecule has 0 aliphatic rings. The van der Waals surface area contributed by atoms with Gasteiger partial charge in [0.15, 0.2) is 0 Å². The van der Waals surface area contributed by atoms with Gasteiger partial charge < -0.3 is 9.47 Å². The highest BCUT2D eigenvalue weighted by Crippen LogP contribution is 2.24. The lowest BCUT2D eigenvalue weighted by Gasteiger charge is -2.20. The quantitative estimate of drug-likeness (QED) is 0.506. The Morgan fingerprint density at radius 1 is 0.920 bits per heavy atom. The molecule has 0 heterocycles. The second-order valence-corrected chi connectivity index (χ2v) is 6.11. The normalized spacial score (nSPS) is 12.0. The summed E-state index contributed by atoms with van der Waals surface area (Å²) >= 11 is 0. The molecule has 0 bridgehead atoms. The number of rotatable bonds is 9. The third kappa shape index (κ3) is 6.51. The zero-order chi connectivity index (χ0) is 18.1. The lowest BCUT2D eigenvalue weighted by molar-refractivity contribution is -0.155. The molecule has 4 heteroatoms. The van der Waals surface area contributed by atoms with Gasteiger partial charge in [0.1, 0.15) is 6.61 Å². The van der Waals surface area contributed by atoms with Gasteiger partial charge in [0.2, 0.25) is 5.78 Å². The van der Waals surface area contributed by atoms with E-state index in [1.807, 2.05) is 74.5 Å². The van der Waals surface area contributed by atoms with Crippen molar-refractivity contribution in [2.24, 2.45) is 0 Å². The Morgan fingerprint density at radius 3 is 2.12 bits per heavy atom. The van der Waals surface area contributed by atoms with Crippen LogP contribution < -0.4 is 0 Å². The molecule has 0 saturated carbocycles. The van der Waals surface area contributed by atoms with Crippen LogP contribution in [0.5, 0.6) is 0 Å². The van der Waals surface area contributed by atoms with Gasteiger partial charge in [-0.15, -0.1) is 0 Å². The number of ether oxygens (including phenoxy) is 2. The molecule has 0 aliphatic carbocycles. The smallest absolute Gasteiger partial charge is 0.374 e. The summed E-state index contributed by atoms with van der Waals surface area (Å²) in [4.78, 5) is 23.9. The van der Waals surface area contributed by atoms with Crippen LogP contribution >= 0.6 is 0 Å². The average Bonchev–Trinajstić information content (AvgIpc) is 2.64. The van der Waals surface area contributed by atoms with E-state index < -0.39 is 11.8 Å². The van der Waals surface area contributed by atoms with Gasteiger partial charge in [0.25, 0.3) is 0 Å². The first kappa shape index (κ1) is 18.9. The summed E-state index contributed by atoms with van der Waals surface area (Å²) in [6.45, 7) is 4.01. The van der Waals surface area contributed by atoms with Gasteiger partial charge in [-0.2, -0.15) is 0 Å². The highest BCUT2D eigenvalue weighted by atomic mass is 16.5. The van der Waals surface area contributed by atoms with Crippen molar-refractivity contribution in [2.45, 2.75) is 45.5 Å². The van der Waals surface area contributed by atoms with Gasteiger partial charge in [0.05, 0.1) is 12.2 Å². The first-order chi connectivity index (χ1) is 12.1. The van der Waals surface area contributed by atoms with Crippen molar-refractivity contribution >= 4 is 11.8 Å². The lowest BCUT2D eigenvalue weighted by Crippen LogP contribution is -2.19. The first-order valence-corrected chi connectivity index (χ1v) is 8.50. The highest BCUT2D eigenvalue weighted by molar-refractivity contribution is 6.33. The maximum Gasteiger partial charge on any atom is 0.374 e. The Balaban J connectivity index is 1.86. The summed E-state index contributed by atoms with van der Waals surface area (Å²) in [6.07, 6.45) is 0.360.